The Morgan fingerprint density at radius 2 is 1.94 bits per heavy atom. The van der Waals surface area contributed by atoms with E-state index in [0.29, 0.717) is 24.3 Å². The predicted octanol–water partition coefficient (Wildman–Crippen LogP) is 2.17. The van der Waals surface area contributed by atoms with E-state index < -0.39 is 5.41 Å². The minimum absolute atomic E-state index is 0.00904. The molecule has 4 heteroatoms. The van der Waals surface area contributed by atoms with Crippen molar-refractivity contribution in [2.45, 2.75) is 39.5 Å². The maximum atomic E-state index is 11.9. The Kier molecular flexibility index (Phi) is 5.74. The number of aliphatic hydroxyl groups is 1. The summed E-state index contributed by atoms with van der Waals surface area (Å²) in [5, 5.41) is 12.3. The van der Waals surface area contributed by atoms with Gasteiger partial charge >= 0.3 is 0 Å². The van der Waals surface area contributed by atoms with Gasteiger partial charge in [0.05, 0.1) is 5.41 Å². The molecule has 0 bridgehead atoms. The second kappa shape index (κ2) is 6.60. The molecule has 17 heavy (non-hydrogen) atoms. The lowest BCUT2D eigenvalue weighted by Crippen LogP contribution is -2.42. The molecule has 1 saturated carbocycles. The number of hydrogen-bond donors (Lipinski definition) is 2. The monoisotopic (exact) mass is 261 g/mol. The molecule has 1 aliphatic carbocycles. The van der Waals surface area contributed by atoms with Crippen LogP contribution in [0.25, 0.3) is 0 Å². The number of hydrogen-bond acceptors (Lipinski definition) is 2. The van der Waals surface area contributed by atoms with Gasteiger partial charge in [0.25, 0.3) is 0 Å². The average molecular weight is 262 g/mol. The van der Waals surface area contributed by atoms with Crippen LogP contribution >= 0.6 is 11.6 Å². The number of nitrogens with one attached hydrogen (secondary N) is 1. The van der Waals surface area contributed by atoms with Crippen molar-refractivity contribution >= 4 is 17.5 Å². The van der Waals surface area contributed by atoms with Gasteiger partial charge in [-0.1, -0.05) is 12.8 Å². The topological polar surface area (TPSA) is 49.3 Å². The lowest BCUT2D eigenvalue weighted by atomic mass is 9.79. The molecule has 100 valence electrons. The fraction of sp³-hybridized carbons (Fsp3) is 0.923. The van der Waals surface area contributed by atoms with Crippen LogP contribution in [0.1, 0.15) is 39.5 Å². The maximum absolute atomic E-state index is 11.9. The fourth-order valence-electron chi connectivity index (χ4n) is 2.32. The average Bonchev–Trinajstić information content (AvgIpc) is 2.36. The maximum Gasteiger partial charge on any atom is 0.226 e. The van der Waals surface area contributed by atoms with E-state index in [2.05, 4.69) is 5.32 Å². The van der Waals surface area contributed by atoms with Crippen LogP contribution in [0.2, 0.25) is 0 Å². The van der Waals surface area contributed by atoms with Crippen LogP contribution < -0.4 is 5.32 Å². The first-order chi connectivity index (χ1) is 8.01. The first kappa shape index (κ1) is 14.8. The summed E-state index contributed by atoms with van der Waals surface area (Å²) in [5.74, 6) is 1.11. The Morgan fingerprint density at radius 1 is 1.35 bits per heavy atom. The van der Waals surface area contributed by atoms with Crippen molar-refractivity contribution in [1.29, 1.82) is 0 Å². The van der Waals surface area contributed by atoms with Crippen LogP contribution in [0, 0.1) is 17.3 Å². The summed E-state index contributed by atoms with van der Waals surface area (Å²) in [5.41, 5.74) is -0.509. The summed E-state index contributed by atoms with van der Waals surface area (Å²) in [6.45, 7) is 4.60. The van der Waals surface area contributed by atoms with Crippen LogP contribution in [0.4, 0.5) is 0 Å². The lowest BCUT2D eigenvalue weighted by molar-refractivity contribution is -0.128. The van der Waals surface area contributed by atoms with Gasteiger partial charge in [-0.05, 0) is 38.5 Å². The SMILES string of the molecule is CC(C)(CCl)C(=O)NCC1CCCCC1CO. The normalized spacial score (nSPS) is 25.6. The molecule has 0 aromatic heterocycles. The van der Waals surface area contributed by atoms with Crippen LogP contribution in [0.15, 0.2) is 0 Å². The van der Waals surface area contributed by atoms with E-state index in [1.807, 2.05) is 13.8 Å². The molecule has 2 unspecified atom stereocenters. The van der Waals surface area contributed by atoms with Gasteiger partial charge in [0, 0.05) is 19.0 Å². The van der Waals surface area contributed by atoms with Crippen molar-refractivity contribution in [3.05, 3.63) is 0 Å². The molecule has 0 aromatic rings. The van der Waals surface area contributed by atoms with E-state index >= 15 is 0 Å². The highest BCUT2D eigenvalue weighted by Gasteiger charge is 2.29. The van der Waals surface area contributed by atoms with E-state index in [0.717, 1.165) is 12.8 Å². The first-order valence-corrected chi connectivity index (χ1v) is 7.00. The first-order valence-electron chi connectivity index (χ1n) is 6.46. The second-order valence-corrected chi connectivity index (χ2v) is 5.98. The summed E-state index contributed by atoms with van der Waals surface area (Å²) >= 11 is 5.76. The van der Waals surface area contributed by atoms with Gasteiger partial charge in [-0.25, -0.2) is 0 Å². The smallest absolute Gasteiger partial charge is 0.226 e. The third-order valence-corrected chi connectivity index (χ3v) is 4.44. The summed E-state index contributed by atoms with van der Waals surface area (Å²) in [6.07, 6.45) is 4.58. The van der Waals surface area contributed by atoms with E-state index in [9.17, 15) is 9.90 Å². The van der Waals surface area contributed by atoms with E-state index in [1.165, 1.54) is 12.8 Å². The zero-order valence-electron chi connectivity index (χ0n) is 10.8. The molecule has 0 saturated heterocycles. The van der Waals surface area contributed by atoms with E-state index in [-0.39, 0.29) is 12.5 Å². The highest BCUT2D eigenvalue weighted by molar-refractivity contribution is 6.19. The van der Waals surface area contributed by atoms with Crippen molar-refractivity contribution in [2.24, 2.45) is 17.3 Å². The van der Waals surface area contributed by atoms with Gasteiger partial charge < -0.3 is 10.4 Å². The summed E-state index contributed by atoms with van der Waals surface area (Å²) in [7, 11) is 0. The standard InChI is InChI=1S/C13H24ClNO2/c1-13(2,9-14)12(17)15-7-10-5-3-4-6-11(10)8-16/h10-11,16H,3-9H2,1-2H3,(H,15,17). The quantitative estimate of drug-likeness (QED) is 0.746. The largest absolute Gasteiger partial charge is 0.396 e. The summed E-state index contributed by atoms with van der Waals surface area (Å²) in [4.78, 5) is 11.9. The Hall–Kier alpha value is -0.280. The molecule has 2 N–H and O–H groups in total. The molecule has 1 amide bonds. The van der Waals surface area contributed by atoms with Gasteiger partial charge in [-0.2, -0.15) is 0 Å². The van der Waals surface area contributed by atoms with E-state index in [1.54, 1.807) is 0 Å². The zero-order chi connectivity index (χ0) is 12.9. The molecule has 0 aliphatic heterocycles. The second-order valence-electron chi connectivity index (χ2n) is 5.71. The van der Waals surface area contributed by atoms with Crippen molar-refractivity contribution in [2.75, 3.05) is 19.0 Å². The zero-order valence-corrected chi connectivity index (χ0v) is 11.6. The number of rotatable bonds is 5. The Morgan fingerprint density at radius 3 is 2.47 bits per heavy atom. The van der Waals surface area contributed by atoms with Gasteiger partial charge in [0.1, 0.15) is 0 Å². The third-order valence-electron chi connectivity index (χ3n) is 3.77. The Bertz CT molecular complexity index is 256. The van der Waals surface area contributed by atoms with Crippen LogP contribution in [0.3, 0.4) is 0 Å². The third kappa shape index (κ3) is 4.14. The summed E-state index contributed by atoms with van der Waals surface area (Å²) < 4.78 is 0. The number of carbonyl (C=O) groups is 1. The van der Waals surface area contributed by atoms with Gasteiger partial charge in [0.15, 0.2) is 0 Å². The fourth-order valence-corrected chi connectivity index (χ4v) is 2.44. The molecule has 0 spiro atoms. The molecular weight excluding hydrogens is 238 g/mol. The van der Waals surface area contributed by atoms with Crippen LogP contribution in [-0.4, -0.2) is 30.0 Å². The molecule has 0 heterocycles. The minimum atomic E-state index is -0.509. The lowest BCUT2D eigenvalue weighted by Gasteiger charge is -2.31. The Labute approximate surface area is 109 Å². The molecule has 0 radical (unpaired) electrons. The summed E-state index contributed by atoms with van der Waals surface area (Å²) in [6, 6.07) is 0. The van der Waals surface area contributed by atoms with Gasteiger partial charge in [0.2, 0.25) is 5.91 Å². The minimum Gasteiger partial charge on any atom is -0.396 e. The van der Waals surface area contributed by atoms with Crippen LogP contribution in [0.5, 0.6) is 0 Å². The number of alkyl halides is 1. The van der Waals surface area contributed by atoms with Crippen molar-refractivity contribution < 1.29 is 9.90 Å². The molecule has 1 rings (SSSR count). The molecule has 1 fully saturated rings. The number of amides is 1. The van der Waals surface area contributed by atoms with Gasteiger partial charge in [-0.3, -0.25) is 4.79 Å². The van der Waals surface area contributed by atoms with Crippen molar-refractivity contribution in [3.8, 4) is 0 Å². The molecule has 3 nitrogen and oxygen atoms in total. The van der Waals surface area contributed by atoms with Gasteiger partial charge in [-0.15, -0.1) is 11.6 Å². The highest BCUT2D eigenvalue weighted by atomic mass is 35.5. The highest BCUT2D eigenvalue weighted by Crippen LogP contribution is 2.29. The predicted molar refractivity (Wildman–Crippen MR) is 70.0 cm³/mol. The molecular formula is C13H24ClNO2. The molecule has 1 aliphatic rings. The van der Waals surface area contributed by atoms with Crippen molar-refractivity contribution in [1.82, 2.24) is 5.32 Å². The molecule has 2 atom stereocenters. The number of aliphatic hydroxyl groups excluding tert-OH is 1. The van der Waals surface area contributed by atoms with Crippen LogP contribution in [-0.2, 0) is 4.79 Å². The molecule has 0 aromatic carbocycles. The Balaban J connectivity index is 2.41. The number of carbonyl (C=O) groups excluding carboxylic acids is 1. The van der Waals surface area contributed by atoms with Crippen molar-refractivity contribution in [3.63, 3.8) is 0 Å². The van der Waals surface area contributed by atoms with E-state index in [4.69, 9.17) is 11.6 Å². The number of halogens is 1.